The third kappa shape index (κ3) is 7.64. The fraction of sp³-hybridized carbons (Fsp3) is 0.591. The summed E-state index contributed by atoms with van der Waals surface area (Å²) in [5.41, 5.74) is 11.4. The van der Waals surface area contributed by atoms with Gasteiger partial charge in [0.15, 0.2) is 30.6 Å². The van der Waals surface area contributed by atoms with E-state index in [1.807, 2.05) is 0 Å². The van der Waals surface area contributed by atoms with E-state index in [1.165, 1.54) is 22.9 Å². The molecule has 288 valence electrons. The molecule has 11 N–H and O–H groups in total. The van der Waals surface area contributed by atoms with E-state index in [-0.39, 0.29) is 41.1 Å². The van der Waals surface area contributed by atoms with Crippen molar-refractivity contribution in [2.45, 2.75) is 49.1 Å². The molecule has 6 heterocycles. The van der Waals surface area contributed by atoms with Gasteiger partial charge in [-0.2, -0.15) is 4.98 Å². The summed E-state index contributed by atoms with van der Waals surface area (Å²) < 4.78 is 72.6. The number of rotatable bonds is 13. The van der Waals surface area contributed by atoms with Gasteiger partial charge in [0.1, 0.15) is 48.5 Å². The van der Waals surface area contributed by atoms with Crippen LogP contribution in [0.4, 0.5) is 23.3 Å². The SMILES string of the molecule is COC1C(O)C(COP(=O)(O)OP(=O)([O-])OP(=O)(O)OCC2OC(N3C[NH+](C)c4c3nc(N)[nH]c4=O)C(O)C2O)OC1n1cnc2c(N)ncnc21. The van der Waals surface area contributed by atoms with E-state index in [2.05, 4.69) is 42.6 Å². The third-order valence-electron chi connectivity index (χ3n) is 8.13. The van der Waals surface area contributed by atoms with Crippen LogP contribution in [0.5, 0.6) is 0 Å². The van der Waals surface area contributed by atoms with Gasteiger partial charge in [0.25, 0.3) is 7.82 Å². The summed E-state index contributed by atoms with van der Waals surface area (Å²) >= 11 is 0. The molecule has 0 radical (unpaired) electrons. The predicted molar refractivity (Wildman–Crippen MR) is 166 cm³/mol. The first-order chi connectivity index (χ1) is 24.3. The molecule has 3 aromatic rings. The molecule has 12 atom stereocenters. The number of nitrogen functional groups attached to an aromatic ring is 2. The average Bonchev–Trinajstić information content (AvgIpc) is 3.77. The fourth-order valence-corrected chi connectivity index (χ4v) is 9.31. The van der Waals surface area contributed by atoms with Crippen molar-refractivity contribution in [1.82, 2.24) is 29.5 Å². The van der Waals surface area contributed by atoms with E-state index in [1.54, 1.807) is 7.05 Å². The number of hydrogen-bond acceptors (Lipinski definition) is 22. The van der Waals surface area contributed by atoms with Crippen LogP contribution < -0.4 is 31.7 Å². The minimum absolute atomic E-state index is 0.0185. The number of nitrogens with two attached hydrogens (primary N) is 2. The second kappa shape index (κ2) is 14.3. The second-order valence-electron chi connectivity index (χ2n) is 11.6. The van der Waals surface area contributed by atoms with Crippen LogP contribution in [0.2, 0.25) is 0 Å². The van der Waals surface area contributed by atoms with Crippen LogP contribution >= 0.6 is 23.5 Å². The van der Waals surface area contributed by atoms with Crippen molar-refractivity contribution in [2.75, 3.05) is 50.4 Å². The van der Waals surface area contributed by atoms with Gasteiger partial charge in [-0.15, -0.1) is 0 Å². The molecule has 52 heavy (non-hydrogen) atoms. The molecule has 30 heteroatoms. The number of imidazole rings is 1. The van der Waals surface area contributed by atoms with Crippen molar-refractivity contribution in [1.29, 1.82) is 0 Å². The van der Waals surface area contributed by atoms with E-state index in [9.17, 15) is 48.5 Å². The molecule has 0 aromatic carbocycles. The lowest BCUT2D eigenvalue weighted by Crippen LogP contribution is -3.04. The first kappa shape index (κ1) is 38.7. The number of aromatic amines is 1. The normalized spacial score (nSPS) is 32.5. The largest absolute Gasteiger partial charge is 0.756 e. The number of quaternary nitrogens is 1. The number of nitrogens with zero attached hydrogens (tertiary/aromatic N) is 6. The van der Waals surface area contributed by atoms with E-state index >= 15 is 0 Å². The van der Waals surface area contributed by atoms with Gasteiger partial charge in [0, 0.05) is 7.11 Å². The van der Waals surface area contributed by atoms with E-state index in [4.69, 9.17) is 25.7 Å². The number of aliphatic hydroxyl groups excluding tert-OH is 3. The number of phosphoric acid groups is 3. The van der Waals surface area contributed by atoms with Crippen LogP contribution in [-0.4, -0.2) is 131 Å². The molecule has 27 nitrogen and oxygen atoms in total. The van der Waals surface area contributed by atoms with Crippen molar-refractivity contribution >= 4 is 57.9 Å². The molecule has 3 aromatic heterocycles. The minimum Gasteiger partial charge on any atom is -0.756 e. The highest BCUT2D eigenvalue weighted by Crippen LogP contribution is 2.65. The van der Waals surface area contributed by atoms with Crippen LogP contribution in [0, 0.1) is 0 Å². The highest BCUT2D eigenvalue weighted by Gasteiger charge is 2.51. The molecule has 2 fully saturated rings. The molecule has 0 spiro atoms. The summed E-state index contributed by atoms with van der Waals surface area (Å²) in [6, 6.07) is 0. The number of ether oxygens (including phenoxy) is 3. The fourth-order valence-electron chi connectivity index (χ4n) is 5.86. The molecule has 12 unspecified atom stereocenters. The first-order valence-electron chi connectivity index (χ1n) is 14.8. The summed E-state index contributed by atoms with van der Waals surface area (Å²) in [5, 5.41) is 31.9. The highest BCUT2D eigenvalue weighted by molar-refractivity contribution is 7.66. The van der Waals surface area contributed by atoms with Gasteiger partial charge in [-0.25, -0.2) is 32.7 Å². The zero-order valence-electron chi connectivity index (χ0n) is 26.7. The lowest BCUT2D eigenvalue weighted by atomic mass is 10.1. The van der Waals surface area contributed by atoms with Gasteiger partial charge in [0.2, 0.25) is 17.5 Å². The average molecular weight is 802 g/mol. The number of aliphatic hydroxyl groups is 3. The van der Waals surface area contributed by atoms with E-state index in [0.717, 1.165) is 6.33 Å². The second-order valence-corrected chi connectivity index (χ2v) is 16.2. The standard InChI is InChI=1S/C22H33N10O17P3/c1-30-7-32(18-11(30)19(36)29-22(24)28-18)20-14(35)12(33)8(46-20)3-44-50(37,38)48-52(41,42)49-51(39,40)45-4-9-13(34)15(43-2)21(47-9)31-6-27-10-16(23)25-5-26-17(10)31/h5-6,8-9,12-15,20-21,33-35H,3-4,7H2,1-2H3,(H,37,38)(H,39,40)(H,41,42)(H2,23,25,26)(H3,24,28,29,36). The Morgan fingerprint density at radius 2 is 1.62 bits per heavy atom. The molecule has 3 aliphatic rings. The topological polar surface area (TPSA) is 389 Å². The van der Waals surface area contributed by atoms with Crippen molar-refractivity contribution < 1.29 is 80.5 Å². The number of fused-ring (bicyclic) bond motifs is 2. The van der Waals surface area contributed by atoms with Crippen LogP contribution in [0.1, 0.15) is 6.23 Å². The quantitative estimate of drug-likeness (QED) is 0.0732. The van der Waals surface area contributed by atoms with Crippen molar-refractivity contribution in [3.63, 3.8) is 0 Å². The van der Waals surface area contributed by atoms with Crippen LogP contribution in [0.25, 0.3) is 11.2 Å². The third-order valence-corrected chi connectivity index (χ3v) is 12.3. The highest BCUT2D eigenvalue weighted by atomic mass is 31.3. The zero-order valence-corrected chi connectivity index (χ0v) is 29.4. The molecular weight excluding hydrogens is 769 g/mol. The van der Waals surface area contributed by atoms with Gasteiger partial charge < -0.3 is 55.7 Å². The Balaban J connectivity index is 1.03. The first-order valence-corrected chi connectivity index (χ1v) is 19.2. The Bertz CT molecular complexity index is 2020. The lowest BCUT2D eigenvalue weighted by molar-refractivity contribution is -0.804. The number of nitrogens with one attached hydrogen (secondary N) is 2. The molecule has 0 saturated carbocycles. The number of methoxy groups -OCH3 is 1. The zero-order chi connectivity index (χ0) is 37.9. The Morgan fingerprint density at radius 3 is 2.25 bits per heavy atom. The summed E-state index contributed by atoms with van der Waals surface area (Å²) in [6.45, 7) is -2.02. The van der Waals surface area contributed by atoms with Gasteiger partial charge >= 0.3 is 21.2 Å². The summed E-state index contributed by atoms with van der Waals surface area (Å²) in [6.07, 6.45) is -9.21. The molecular formula is C22H33N10O17P3. The lowest BCUT2D eigenvalue weighted by Gasteiger charge is -2.27. The van der Waals surface area contributed by atoms with Crippen molar-refractivity contribution in [2.24, 2.45) is 0 Å². The molecule has 0 amide bonds. The molecule has 6 rings (SSSR count). The summed E-state index contributed by atoms with van der Waals surface area (Å²) in [4.78, 5) is 65.1. The van der Waals surface area contributed by atoms with Crippen LogP contribution in [0.3, 0.4) is 0 Å². The molecule has 0 aliphatic carbocycles. The Labute approximate surface area is 290 Å². The number of phosphoric ester groups is 2. The molecule has 3 aliphatic heterocycles. The number of anilines is 3. The maximum atomic E-state index is 12.5. The molecule has 0 bridgehead atoms. The maximum Gasteiger partial charge on any atom is 0.478 e. The summed E-state index contributed by atoms with van der Waals surface area (Å²) in [5.74, 6) is -0.153. The smallest absolute Gasteiger partial charge is 0.478 e. The number of aromatic nitrogens is 6. The maximum absolute atomic E-state index is 12.5. The van der Waals surface area contributed by atoms with E-state index in [0.29, 0.717) is 4.90 Å². The Kier molecular flexibility index (Phi) is 10.6. The van der Waals surface area contributed by atoms with E-state index < -0.39 is 91.3 Å². The Morgan fingerprint density at radius 1 is 1.00 bits per heavy atom. The minimum atomic E-state index is -6.19. The van der Waals surface area contributed by atoms with Gasteiger partial charge in [-0.05, 0) is 0 Å². The number of H-pyrrole nitrogens is 1. The Hall–Kier alpha value is -3.04. The van der Waals surface area contributed by atoms with Crippen molar-refractivity contribution in [3.05, 3.63) is 23.0 Å². The summed E-state index contributed by atoms with van der Waals surface area (Å²) in [7, 11) is -14.7. The van der Waals surface area contributed by atoms with Crippen LogP contribution in [0.15, 0.2) is 17.4 Å². The monoisotopic (exact) mass is 802 g/mol. The van der Waals surface area contributed by atoms with Gasteiger partial charge in [-0.3, -0.25) is 37.8 Å². The van der Waals surface area contributed by atoms with Crippen LogP contribution in [-0.2, 0) is 45.6 Å². The predicted octanol–water partition coefficient (Wildman–Crippen LogP) is -4.85. The van der Waals surface area contributed by atoms with Crippen molar-refractivity contribution in [3.8, 4) is 0 Å². The van der Waals surface area contributed by atoms with Gasteiger partial charge in [0.05, 0.1) is 26.6 Å². The number of hydrogen-bond donors (Lipinski definition) is 9. The molecule has 2 saturated heterocycles. The van der Waals surface area contributed by atoms with Gasteiger partial charge in [-0.1, -0.05) is 0 Å².